The number of benzene rings is 1. The third-order valence-electron chi connectivity index (χ3n) is 3.57. The molecule has 0 aliphatic carbocycles. The van der Waals surface area contributed by atoms with Gasteiger partial charge in [0.2, 0.25) is 0 Å². The van der Waals surface area contributed by atoms with Gasteiger partial charge in [-0.2, -0.15) is 5.10 Å². The summed E-state index contributed by atoms with van der Waals surface area (Å²) in [5.41, 5.74) is 2.39. The molecule has 0 N–H and O–H groups in total. The maximum absolute atomic E-state index is 13.6. The summed E-state index contributed by atoms with van der Waals surface area (Å²) in [6, 6.07) is 8.40. The molecule has 0 atom stereocenters. The van der Waals surface area contributed by atoms with Crippen LogP contribution in [-0.2, 0) is 0 Å². The Morgan fingerprint density at radius 3 is 2.91 bits per heavy atom. The first kappa shape index (κ1) is 13.4. The van der Waals surface area contributed by atoms with Gasteiger partial charge >= 0.3 is 0 Å². The van der Waals surface area contributed by atoms with E-state index in [0.717, 1.165) is 11.3 Å². The van der Waals surface area contributed by atoms with Crippen LogP contribution in [0.15, 0.2) is 55.2 Å². The van der Waals surface area contributed by atoms with E-state index >= 15 is 0 Å². The van der Waals surface area contributed by atoms with Crippen LogP contribution < -0.4 is 4.74 Å². The van der Waals surface area contributed by atoms with Crippen LogP contribution in [0.1, 0.15) is 0 Å². The Balaban J connectivity index is 1.84. The van der Waals surface area contributed by atoms with Gasteiger partial charge in [-0.1, -0.05) is 0 Å². The zero-order chi connectivity index (χ0) is 15.8. The third kappa shape index (κ3) is 2.22. The summed E-state index contributed by atoms with van der Waals surface area (Å²) in [6.45, 7) is 0. The lowest BCUT2D eigenvalue weighted by Crippen LogP contribution is -2.01. The number of rotatable bonds is 3. The summed E-state index contributed by atoms with van der Waals surface area (Å²) in [4.78, 5) is 8.50. The third-order valence-corrected chi connectivity index (χ3v) is 3.57. The fraction of sp³-hybridized carbons (Fsp3) is 0.0625. The van der Waals surface area contributed by atoms with E-state index in [2.05, 4.69) is 15.1 Å². The summed E-state index contributed by atoms with van der Waals surface area (Å²) in [5, 5.41) is 4.27. The van der Waals surface area contributed by atoms with Crippen LogP contribution in [0.4, 0.5) is 4.39 Å². The standard InChI is InChI=1S/C16H12FN5O/c1-23-14-8-11(2-4-13(14)17)16-19-10-20-22(16)12-3-5-15-18-6-7-21(15)9-12/h2-10H,1H3. The van der Waals surface area contributed by atoms with Gasteiger partial charge in [-0.3, -0.25) is 0 Å². The molecule has 4 aromatic rings. The van der Waals surface area contributed by atoms with Crippen molar-refractivity contribution >= 4 is 5.65 Å². The maximum Gasteiger partial charge on any atom is 0.165 e. The lowest BCUT2D eigenvalue weighted by atomic mass is 10.2. The first-order chi connectivity index (χ1) is 11.3. The normalized spacial score (nSPS) is 11.0. The number of imidazole rings is 1. The molecule has 0 saturated carbocycles. The number of halogens is 1. The van der Waals surface area contributed by atoms with Gasteiger partial charge in [-0.15, -0.1) is 0 Å². The van der Waals surface area contributed by atoms with Gasteiger partial charge < -0.3 is 9.14 Å². The molecule has 7 heteroatoms. The van der Waals surface area contributed by atoms with Gasteiger partial charge in [0.15, 0.2) is 17.4 Å². The van der Waals surface area contributed by atoms with E-state index in [4.69, 9.17) is 4.74 Å². The molecule has 3 aromatic heterocycles. The average molecular weight is 309 g/mol. The van der Waals surface area contributed by atoms with E-state index in [1.54, 1.807) is 23.0 Å². The van der Waals surface area contributed by atoms with Crippen LogP contribution in [0.3, 0.4) is 0 Å². The Bertz CT molecular complexity index is 991. The van der Waals surface area contributed by atoms with Crippen molar-refractivity contribution in [2.75, 3.05) is 7.11 Å². The van der Waals surface area contributed by atoms with Gasteiger partial charge in [-0.25, -0.2) is 19.0 Å². The maximum atomic E-state index is 13.6. The number of fused-ring (bicyclic) bond motifs is 1. The lowest BCUT2D eigenvalue weighted by Gasteiger charge is -2.08. The molecule has 3 heterocycles. The molecule has 6 nitrogen and oxygen atoms in total. The van der Waals surface area contributed by atoms with E-state index in [0.29, 0.717) is 11.4 Å². The predicted octanol–water partition coefficient (Wildman–Crippen LogP) is 2.73. The minimum absolute atomic E-state index is 0.169. The zero-order valence-corrected chi connectivity index (χ0v) is 12.2. The van der Waals surface area contributed by atoms with Gasteiger partial charge in [-0.05, 0) is 30.3 Å². The van der Waals surface area contributed by atoms with E-state index in [1.165, 1.54) is 19.5 Å². The van der Waals surface area contributed by atoms with Crippen LogP contribution in [0, 0.1) is 5.82 Å². The van der Waals surface area contributed by atoms with Crippen LogP contribution in [0.5, 0.6) is 5.75 Å². The van der Waals surface area contributed by atoms with Crippen molar-refractivity contribution in [3.8, 4) is 22.8 Å². The summed E-state index contributed by atoms with van der Waals surface area (Å²) in [5.74, 6) is 0.354. The summed E-state index contributed by atoms with van der Waals surface area (Å²) in [7, 11) is 1.43. The molecule has 0 aliphatic rings. The number of ether oxygens (including phenoxy) is 1. The van der Waals surface area contributed by atoms with E-state index in [9.17, 15) is 4.39 Å². The molecule has 0 spiro atoms. The van der Waals surface area contributed by atoms with E-state index in [-0.39, 0.29) is 5.75 Å². The minimum atomic E-state index is -0.415. The molecule has 0 unspecified atom stereocenters. The molecule has 4 rings (SSSR count). The second-order valence-corrected chi connectivity index (χ2v) is 4.92. The second-order valence-electron chi connectivity index (χ2n) is 4.92. The predicted molar refractivity (Wildman–Crippen MR) is 82.1 cm³/mol. The van der Waals surface area contributed by atoms with Crippen molar-refractivity contribution in [1.82, 2.24) is 24.1 Å². The first-order valence-electron chi connectivity index (χ1n) is 6.93. The van der Waals surface area contributed by atoms with Gasteiger partial charge in [0.25, 0.3) is 0 Å². The number of nitrogens with zero attached hydrogens (tertiary/aromatic N) is 5. The highest BCUT2D eigenvalue weighted by Gasteiger charge is 2.12. The number of hydrogen-bond acceptors (Lipinski definition) is 4. The Labute approximate surface area is 130 Å². The summed E-state index contributed by atoms with van der Waals surface area (Å²) in [6.07, 6.45) is 6.95. The van der Waals surface area contributed by atoms with Crippen molar-refractivity contribution in [2.24, 2.45) is 0 Å². The average Bonchev–Trinajstić information content (AvgIpc) is 3.23. The fourth-order valence-electron chi connectivity index (χ4n) is 2.46. The van der Waals surface area contributed by atoms with Crippen molar-refractivity contribution in [2.45, 2.75) is 0 Å². The number of methoxy groups -OCH3 is 1. The molecule has 0 aliphatic heterocycles. The molecule has 0 bridgehead atoms. The zero-order valence-electron chi connectivity index (χ0n) is 12.2. The Kier molecular flexibility index (Phi) is 3.04. The molecule has 0 saturated heterocycles. The molecular formula is C16H12FN5O. The molecule has 0 amide bonds. The number of hydrogen-bond donors (Lipinski definition) is 0. The largest absolute Gasteiger partial charge is 0.494 e. The fourth-order valence-corrected chi connectivity index (χ4v) is 2.46. The SMILES string of the molecule is COc1cc(-c2ncnn2-c2ccc3nccn3c2)ccc1F. The highest BCUT2D eigenvalue weighted by atomic mass is 19.1. The Hall–Kier alpha value is -3.22. The van der Waals surface area contributed by atoms with E-state index < -0.39 is 5.82 Å². The number of aromatic nitrogens is 5. The smallest absolute Gasteiger partial charge is 0.165 e. The summed E-state index contributed by atoms with van der Waals surface area (Å²) < 4.78 is 22.2. The van der Waals surface area contributed by atoms with E-state index in [1.807, 2.05) is 28.9 Å². The topological polar surface area (TPSA) is 57.2 Å². The minimum Gasteiger partial charge on any atom is -0.494 e. The Morgan fingerprint density at radius 2 is 2.04 bits per heavy atom. The molecule has 0 radical (unpaired) electrons. The lowest BCUT2D eigenvalue weighted by molar-refractivity contribution is 0.386. The quantitative estimate of drug-likeness (QED) is 0.584. The van der Waals surface area contributed by atoms with Crippen LogP contribution in [0.2, 0.25) is 0 Å². The molecule has 114 valence electrons. The van der Waals surface area contributed by atoms with Crippen LogP contribution in [0.25, 0.3) is 22.7 Å². The monoisotopic (exact) mass is 309 g/mol. The molecule has 23 heavy (non-hydrogen) atoms. The molecular weight excluding hydrogens is 297 g/mol. The summed E-state index contributed by atoms with van der Waals surface area (Å²) >= 11 is 0. The highest BCUT2D eigenvalue weighted by molar-refractivity contribution is 5.60. The van der Waals surface area contributed by atoms with Gasteiger partial charge in [0.1, 0.15) is 12.0 Å². The van der Waals surface area contributed by atoms with Crippen LogP contribution in [-0.4, -0.2) is 31.3 Å². The second kappa shape index (κ2) is 5.20. The van der Waals surface area contributed by atoms with Crippen molar-refractivity contribution in [3.63, 3.8) is 0 Å². The first-order valence-corrected chi connectivity index (χ1v) is 6.93. The molecule has 0 fully saturated rings. The molecule has 1 aromatic carbocycles. The van der Waals surface area contributed by atoms with Gasteiger partial charge in [0.05, 0.1) is 12.8 Å². The Morgan fingerprint density at radius 1 is 1.13 bits per heavy atom. The van der Waals surface area contributed by atoms with Crippen molar-refractivity contribution < 1.29 is 9.13 Å². The van der Waals surface area contributed by atoms with Gasteiger partial charge in [0, 0.05) is 24.2 Å². The van der Waals surface area contributed by atoms with Crippen molar-refractivity contribution in [3.05, 3.63) is 61.1 Å². The highest BCUT2D eigenvalue weighted by Crippen LogP contribution is 2.26. The van der Waals surface area contributed by atoms with Crippen molar-refractivity contribution in [1.29, 1.82) is 0 Å². The number of pyridine rings is 1. The van der Waals surface area contributed by atoms with Crippen LogP contribution >= 0.6 is 0 Å².